The van der Waals surface area contributed by atoms with Gasteiger partial charge < -0.3 is 10.2 Å². The molecule has 104 valence electrons. The van der Waals surface area contributed by atoms with Crippen LogP contribution < -0.4 is 5.32 Å². The first-order valence-electron chi connectivity index (χ1n) is 6.87. The molecule has 1 aliphatic heterocycles. The van der Waals surface area contributed by atoms with E-state index in [1.165, 1.54) is 6.07 Å². The summed E-state index contributed by atoms with van der Waals surface area (Å²) in [6, 6.07) is 6.47. The van der Waals surface area contributed by atoms with Gasteiger partial charge in [-0.3, -0.25) is 4.79 Å². The van der Waals surface area contributed by atoms with Gasteiger partial charge in [0.05, 0.1) is 5.56 Å². The number of hydrogen-bond donors (Lipinski definition) is 1. The second kappa shape index (κ2) is 6.15. The van der Waals surface area contributed by atoms with E-state index in [4.69, 9.17) is 0 Å². The van der Waals surface area contributed by atoms with E-state index in [1.54, 1.807) is 23.1 Å². The number of halogens is 1. The Morgan fingerprint density at radius 1 is 1.42 bits per heavy atom. The van der Waals surface area contributed by atoms with Crippen molar-refractivity contribution in [3.63, 3.8) is 0 Å². The molecule has 1 N–H and O–H groups in total. The van der Waals surface area contributed by atoms with Gasteiger partial charge in [0.2, 0.25) is 0 Å². The predicted molar refractivity (Wildman–Crippen MR) is 73.5 cm³/mol. The lowest BCUT2D eigenvalue weighted by Crippen LogP contribution is -2.43. The molecule has 1 fully saturated rings. The van der Waals surface area contributed by atoms with Gasteiger partial charge in [0.1, 0.15) is 5.82 Å². The zero-order chi connectivity index (χ0) is 13.8. The first kappa shape index (κ1) is 14.0. The molecule has 0 bridgehead atoms. The van der Waals surface area contributed by atoms with Crippen LogP contribution in [-0.4, -0.2) is 36.5 Å². The molecule has 1 heterocycles. The number of carbonyl (C=O) groups is 1. The largest absolute Gasteiger partial charge is 0.337 e. The summed E-state index contributed by atoms with van der Waals surface area (Å²) in [6.45, 7) is 6.50. The summed E-state index contributed by atoms with van der Waals surface area (Å²) in [6.07, 6.45) is 0.906. The molecule has 1 atom stereocenters. The van der Waals surface area contributed by atoms with E-state index in [0.717, 1.165) is 13.0 Å². The normalized spacial score (nSPS) is 20.4. The molecule has 0 spiro atoms. The molecule has 0 aliphatic carbocycles. The third-order valence-corrected chi connectivity index (χ3v) is 3.62. The Morgan fingerprint density at radius 3 is 2.84 bits per heavy atom. The standard InChI is InChI=1S/C15H21FN2O/c1-11(2)14-10-18(9-5-8-17-14)15(19)12-6-3-4-7-13(12)16/h3-4,6-7,11,14,17H,5,8-10H2,1-2H3. The first-order chi connectivity index (χ1) is 9.09. The summed E-state index contributed by atoms with van der Waals surface area (Å²) in [7, 11) is 0. The van der Waals surface area contributed by atoms with Gasteiger partial charge in [-0.2, -0.15) is 0 Å². The summed E-state index contributed by atoms with van der Waals surface area (Å²) in [5, 5.41) is 3.44. The number of hydrogen-bond acceptors (Lipinski definition) is 2. The highest BCUT2D eigenvalue weighted by Crippen LogP contribution is 2.14. The molecule has 1 aromatic rings. The van der Waals surface area contributed by atoms with E-state index in [0.29, 0.717) is 19.0 Å². The van der Waals surface area contributed by atoms with Crippen molar-refractivity contribution < 1.29 is 9.18 Å². The van der Waals surface area contributed by atoms with Crippen LogP contribution in [0.4, 0.5) is 4.39 Å². The monoisotopic (exact) mass is 264 g/mol. The van der Waals surface area contributed by atoms with Crippen molar-refractivity contribution in [3.8, 4) is 0 Å². The highest BCUT2D eigenvalue weighted by Gasteiger charge is 2.25. The fourth-order valence-electron chi connectivity index (χ4n) is 2.39. The van der Waals surface area contributed by atoms with E-state index < -0.39 is 5.82 Å². The van der Waals surface area contributed by atoms with Crippen molar-refractivity contribution in [2.24, 2.45) is 5.92 Å². The summed E-state index contributed by atoms with van der Waals surface area (Å²) in [5.74, 6) is -0.188. The molecule has 0 radical (unpaired) electrons. The van der Waals surface area contributed by atoms with Gasteiger partial charge in [-0.05, 0) is 31.0 Å². The van der Waals surface area contributed by atoms with Crippen LogP contribution in [0.2, 0.25) is 0 Å². The Hall–Kier alpha value is -1.42. The second-order valence-corrected chi connectivity index (χ2v) is 5.39. The smallest absolute Gasteiger partial charge is 0.256 e. The molecule has 2 rings (SSSR count). The number of nitrogens with zero attached hydrogens (tertiary/aromatic N) is 1. The highest BCUT2D eigenvalue weighted by molar-refractivity contribution is 5.94. The van der Waals surface area contributed by atoms with E-state index in [-0.39, 0.29) is 17.5 Å². The van der Waals surface area contributed by atoms with Gasteiger partial charge >= 0.3 is 0 Å². The van der Waals surface area contributed by atoms with Gasteiger partial charge in [-0.15, -0.1) is 0 Å². The summed E-state index contributed by atoms with van der Waals surface area (Å²) < 4.78 is 13.7. The van der Waals surface area contributed by atoms with E-state index in [9.17, 15) is 9.18 Å². The van der Waals surface area contributed by atoms with Crippen LogP contribution in [-0.2, 0) is 0 Å². The molecule has 0 saturated carbocycles. The first-order valence-corrected chi connectivity index (χ1v) is 6.87. The minimum atomic E-state index is -0.439. The van der Waals surface area contributed by atoms with Crippen LogP contribution >= 0.6 is 0 Å². The molecular formula is C15H21FN2O. The maximum Gasteiger partial charge on any atom is 0.256 e. The fourth-order valence-corrected chi connectivity index (χ4v) is 2.39. The third kappa shape index (κ3) is 3.32. The number of rotatable bonds is 2. The zero-order valence-electron chi connectivity index (χ0n) is 11.5. The Labute approximate surface area is 113 Å². The van der Waals surface area contributed by atoms with Crippen LogP contribution in [0.5, 0.6) is 0 Å². The van der Waals surface area contributed by atoms with Crippen molar-refractivity contribution in [2.75, 3.05) is 19.6 Å². The van der Waals surface area contributed by atoms with Crippen LogP contribution in [0, 0.1) is 11.7 Å². The molecule has 1 saturated heterocycles. The maximum atomic E-state index is 13.7. The summed E-state index contributed by atoms with van der Waals surface area (Å²) in [4.78, 5) is 14.2. The second-order valence-electron chi connectivity index (χ2n) is 5.39. The van der Waals surface area contributed by atoms with Crippen LogP contribution in [0.15, 0.2) is 24.3 Å². The third-order valence-electron chi connectivity index (χ3n) is 3.62. The van der Waals surface area contributed by atoms with Gasteiger partial charge in [-0.25, -0.2) is 4.39 Å². The number of benzene rings is 1. The molecule has 3 nitrogen and oxygen atoms in total. The SMILES string of the molecule is CC(C)C1CN(C(=O)c2ccccc2F)CCCN1. The fraction of sp³-hybridized carbons (Fsp3) is 0.533. The van der Waals surface area contributed by atoms with Crippen LogP contribution in [0.3, 0.4) is 0 Å². The number of carbonyl (C=O) groups excluding carboxylic acids is 1. The zero-order valence-corrected chi connectivity index (χ0v) is 11.5. The molecule has 1 unspecified atom stereocenters. The Balaban J connectivity index is 2.15. The minimum absolute atomic E-state index is 0.173. The molecule has 4 heteroatoms. The summed E-state index contributed by atoms with van der Waals surface area (Å²) in [5.41, 5.74) is 0.173. The molecule has 1 aliphatic rings. The van der Waals surface area contributed by atoms with Gasteiger partial charge in [0.15, 0.2) is 0 Å². The maximum absolute atomic E-state index is 13.7. The Kier molecular flexibility index (Phi) is 4.53. The highest BCUT2D eigenvalue weighted by atomic mass is 19.1. The van der Waals surface area contributed by atoms with E-state index in [2.05, 4.69) is 19.2 Å². The van der Waals surface area contributed by atoms with Crippen molar-refractivity contribution in [1.82, 2.24) is 10.2 Å². The molecule has 1 amide bonds. The average Bonchev–Trinajstić information content (AvgIpc) is 2.64. The van der Waals surface area contributed by atoms with Crippen molar-refractivity contribution >= 4 is 5.91 Å². The van der Waals surface area contributed by atoms with Crippen LogP contribution in [0.1, 0.15) is 30.6 Å². The summed E-state index contributed by atoms with van der Waals surface area (Å²) >= 11 is 0. The molecule has 0 aromatic heterocycles. The Morgan fingerprint density at radius 2 is 2.16 bits per heavy atom. The van der Waals surface area contributed by atoms with Crippen molar-refractivity contribution in [3.05, 3.63) is 35.6 Å². The van der Waals surface area contributed by atoms with Gasteiger partial charge in [0, 0.05) is 19.1 Å². The quantitative estimate of drug-likeness (QED) is 0.889. The predicted octanol–water partition coefficient (Wildman–Crippen LogP) is 2.29. The van der Waals surface area contributed by atoms with Crippen LogP contribution in [0.25, 0.3) is 0 Å². The van der Waals surface area contributed by atoms with Crippen molar-refractivity contribution in [2.45, 2.75) is 26.3 Å². The minimum Gasteiger partial charge on any atom is -0.337 e. The van der Waals surface area contributed by atoms with Gasteiger partial charge in [-0.1, -0.05) is 26.0 Å². The lowest BCUT2D eigenvalue weighted by molar-refractivity contribution is 0.0741. The lowest BCUT2D eigenvalue weighted by atomic mass is 10.0. The van der Waals surface area contributed by atoms with E-state index in [1.807, 2.05) is 0 Å². The molecule has 19 heavy (non-hydrogen) atoms. The average molecular weight is 264 g/mol. The van der Waals surface area contributed by atoms with Crippen molar-refractivity contribution in [1.29, 1.82) is 0 Å². The number of amides is 1. The topological polar surface area (TPSA) is 32.3 Å². The van der Waals surface area contributed by atoms with E-state index >= 15 is 0 Å². The lowest BCUT2D eigenvalue weighted by Gasteiger charge is -2.27. The Bertz CT molecular complexity index is 448. The molecular weight excluding hydrogens is 243 g/mol. The van der Waals surface area contributed by atoms with Gasteiger partial charge in [0.25, 0.3) is 5.91 Å². The number of nitrogens with one attached hydrogen (secondary N) is 1. The molecule has 1 aromatic carbocycles.